The van der Waals surface area contributed by atoms with E-state index in [4.69, 9.17) is 27.9 Å². The monoisotopic (exact) mass is 468 g/mol. The van der Waals surface area contributed by atoms with Crippen LogP contribution in [0.15, 0.2) is 48.7 Å². The third kappa shape index (κ3) is 4.03. The van der Waals surface area contributed by atoms with E-state index in [9.17, 15) is 18.0 Å². The first-order valence-electron chi connectivity index (χ1n) is 8.73. The van der Waals surface area contributed by atoms with Crippen molar-refractivity contribution in [1.82, 2.24) is 4.57 Å². The Labute approximate surface area is 183 Å². The van der Waals surface area contributed by atoms with Gasteiger partial charge in [0.1, 0.15) is 6.04 Å². The Balaban J connectivity index is 2.13. The minimum atomic E-state index is -3.86. The fraction of sp³-hybridized carbons (Fsp3) is 0.200. The third-order valence-corrected chi connectivity index (χ3v) is 6.56. The molecule has 0 aliphatic heterocycles. The smallest absolute Gasteiger partial charge is 0.340 e. The van der Waals surface area contributed by atoms with Gasteiger partial charge in [0.2, 0.25) is 10.0 Å². The Hall–Kier alpha value is -2.55. The van der Waals surface area contributed by atoms with Crippen LogP contribution in [0.5, 0.6) is 0 Å². The molecule has 0 aliphatic carbocycles. The number of rotatable bonds is 5. The summed E-state index contributed by atoms with van der Waals surface area (Å²) in [5.74, 6) is -1.16. The van der Waals surface area contributed by atoms with Crippen molar-refractivity contribution in [3.63, 3.8) is 0 Å². The number of carbonyl (C=O) groups excluding carboxylic acids is 2. The number of fused-ring (bicyclic) bond motifs is 1. The van der Waals surface area contributed by atoms with Gasteiger partial charge in [0, 0.05) is 11.6 Å². The van der Waals surface area contributed by atoms with Crippen molar-refractivity contribution in [2.75, 3.05) is 17.7 Å². The van der Waals surface area contributed by atoms with Crippen molar-refractivity contribution in [1.29, 1.82) is 0 Å². The SMILES string of the molecule is COC(=O)c1cn(C(=O)C(C)N(c2ccc(Cl)c(Cl)c2)S(C)(=O)=O)c2ccccc12. The van der Waals surface area contributed by atoms with Gasteiger partial charge in [0.25, 0.3) is 5.91 Å². The van der Waals surface area contributed by atoms with E-state index in [1.165, 1.54) is 43.0 Å². The molecule has 1 atom stereocenters. The zero-order valence-electron chi connectivity index (χ0n) is 16.3. The summed E-state index contributed by atoms with van der Waals surface area (Å²) in [4.78, 5) is 25.5. The summed E-state index contributed by atoms with van der Waals surface area (Å²) in [6.45, 7) is 1.46. The summed E-state index contributed by atoms with van der Waals surface area (Å²) in [7, 11) is -2.62. The maximum atomic E-state index is 13.3. The summed E-state index contributed by atoms with van der Waals surface area (Å²) in [5, 5.41) is 0.930. The van der Waals surface area contributed by atoms with E-state index in [-0.39, 0.29) is 21.3 Å². The Morgan fingerprint density at radius 2 is 1.77 bits per heavy atom. The number of hydrogen-bond donors (Lipinski definition) is 0. The molecular weight excluding hydrogens is 451 g/mol. The normalized spacial score (nSPS) is 12.6. The number of sulfonamides is 1. The lowest BCUT2D eigenvalue weighted by Crippen LogP contribution is -2.44. The number of benzene rings is 2. The number of nitrogens with zero attached hydrogens (tertiary/aromatic N) is 2. The van der Waals surface area contributed by atoms with E-state index >= 15 is 0 Å². The Kier molecular flexibility index (Phi) is 6.12. The van der Waals surface area contributed by atoms with Crippen molar-refractivity contribution in [3.05, 3.63) is 64.3 Å². The van der Waals surface area contributed by atoms with Crippen LogP contribution < -0.4 is 4.31 Å². The van der Waals surface area contributed by atoms with Gasteiger partial charge in [-0.2, -0.15) is 0 Å². The van der Waals surface area contributed by atoms with Gasteiger partial charge in [-0.15, -0.1) is 0 Å². The molecule has 0 saturated heterocycles. The van der Waals surface area contributed by atoms with Crippen molar-refractivity contribution >= 4 is 61.7 Å². The Bertz CT molecular complexity index is 1250. The Morgan fingerprint density at radius 3 is 2.37 bits per heavy atom. The van der Waals surface area contributed by atoms with E-state index in [1.807, 2.05) is 0 Å². The van der Waals surface area contributed by atoms with Crippen molar-refractivity contribution in [2.24, 2.45) is 0 Å². The summed E-state index contributed by atoms with van der Waals surface area (Å²) in [6.07, 6.45) is 2.34. The molecule has 0 radical (unpaired) electrons. The lowest BCUT2D eigenvalue weighted by atomic mass is 10.2. The highest BCUT2D eigenvalue weighted by atomic mass is 35.5. The molecule has 0 fully saturated rings. The molecule has 0 spiro atoms. The topological polar surface area (TPSA) is 85.7 Å². The number of halogens is 2. The Morgan fingerprint density at radius 1 is 1.10 bits per heavy atom. The molecule has 0 aliphatic rings. The first-order chi connectivity index (χ1) is 14.1. The highest BCUT2D eigenvalue weighted by Gasteiger charge is 2.32. The number of anilines is 1. The molecule has 0 saturated carbocycles. The van der Waals surface area contributed by atoms with Crippen LogP contribution in [0.4, 0.5) is 5.69 Å². The predicted octanol–water partition coefficient (Wildman–Crippen LogP) is 4.23. The van der Waals surface area contributed by atoms with Gasteiger partial charge in [-0.05, 0) is 31.2 Å². The van der Waals surface area contributed by atoms with E-state index in [2.05, 4.69) is 0 Å². The average molecular weight is 469 g/mol. The second-order valence-electron chi connectivity index (χ2n) is 6.59. The van der Waals surface area contributed by atoms with Crippen molar-refractivity contribution < 1.29 is 22.7 Å². The highest BCUT2D eigenvalue weighted by molar-refractivity contribution is 7.92. The van der Waals surface area contributed by atoms with Crippen LogP contribution >= 0.6 is 23.2 Å². The van der Waals surface area contributed by atoms with Crippen molar-refractivity contribution in [2.45, 2.75) is 13.0 Å². The van der Waals surface area contributed by atoms with Gasteiger partial charge in [0.05, 0.1) is 40.2 Å². The second kappa shape index (κ2) is 8.29. The predicted molar refractivity (Wildman–Crippen MR) is 117 cm³/mol. The fourth-order valence-electron chi connectivity index (χ4n) is 3.26. The molecule has 3 rings (SSSR count). The maximum Gasteiger partial charge on any atom is 0.340 e. The van der Waals surface area contributed by atoms with Gasteiger partial charge >= 0.3 is 5.97 Å². The standard InChI is InChI=1S/C20H18Cl2N2O5S/c1-12(24(30(3,27)28)13-8-9-16(21)17(22)10-13)19(25)23-11-15(20(26)29-2)14-6-4-5-7-18(14)23/h4-12H,1-3H3. The number of hydrogen-bond acceptors (Lipinski definition) is 5. The molecule has 3 aromatic rings. The summed E-state index contributed by atoms with van der Waals surface area (Å²) in [5.41, 5.74) is 0.851. The summed E-state index contributed by atoms with van der Waals surface area (Å²) in [6, 6.07) is 9.94. The number of esters is 1. The lowest BCUT2D eigenvalue weighted by molar-refractivity contribution is 0.0603. The van der Waals surface area contributed by atoms with Gasteiger partial charge in [0.15, 0.2) is 0 Å². The van der Waals surface area contributed by atoms with Crippen LogP contribution in [0.3, 0.4) is 0 Å². The molecule has 30 heavy (non-hydrogen) atoms. The maximum absolute atomic E-state index is 13.3. The van der Waals surface area contributed by atoms with Crippen LogP contribution in [0.2, 0.25) is 10.0 Å². The number of ether oxygens (including phenoxy) is 1. The summed E-state index contributed by atoms with van der Waals surface area (Å²) >= 11 is 12.0. The zero-order chi connectivity index (χ0) is 22.2. The van der Waals surface area contributed by atoms with Crippen LogP contribution in [-0.2, 0) is 14.8 Å². The van der Waals surface area contributed by atoms with Crippen LogP contribution in [0.25, 0.3) is 10.9 Å². The zero-order valence-corrected chi connectivity index (χ0v) is 18.6. The van der Waals surface area contributed by atoms with Crippen LogP contribution in [0, 0.1) is 0 Å². The molecule has 0 bridgehead atoms. The fourth-order valence-corrected chi connectivity index (χ4v) is 4.71. The molecule has 10 heteroatoms. The van der Waals surface area contributed by atoms with Gasteiger partial charge in [-0.3, -0.25) is 13.7 Å². The minimum Gasteiger partial charge on any atom is -0.465 e. The van der Waals surface area contributed by atoms with Gasteiger partial charge in [-0.25, -0.2) is 13.2 Å². The van der Waals surface area contributed by atoms with E-state index in [0.717, 1.165) is 10.6 Å². The molecular formula is C20H18Cl2N2O5S. The summed E-state index contributed by atoms with van der Waals surface area (Å²) < 4.78 is 32.1. The first kappa shape index (κ1) is 22.1. The largest absolute Gasteiger partial charge is 0.465 e. The second-order valence-corrected chi connectivity index (χ2v) is 9.27. The van der Waals surface area contributed by atoms with Gasteiger partial charge in [-0.1, -0.05) is 41.4 Å². The average Bonchev–Trinajstić information content (AvgIpc) is 3.08. The number of para-hydroxylation sites is 1. The first-order valence-corrected chi connectivity index (χ1v) is 11.3. The molecule has 0 amide bonds. The van der Waals surface area contributed by atoms with E-state index < -0.39 is 27.9 Å². The molecule has 1 unspecified atom stereocenters. The number of methoxy groups -OCH3 is 1. The van der Waals surface area contributed by atoms with Gasteiger partial charge < -0.3 is 4.74 Å². The number of aromatic nitrogens is 1. The van der Waals surface area contributed by atoms with Crippen molar-refractivity contribution in [3.8, 4) is 0 Å². The molecule has 7 nitrogen and oxygen atoms in total. The molecule has 1 aromatic heterocycles. The van der Waals surface area contributed by atoms with E-state index in [1.54, 1.807) is 24.3 Å². The third-order valence-electron chi connectivity index (χ3n) is 4.58. The quantitative estimate of drug-likeness (QED) is 0.522. The lowest BCUT2D eigenvalue weighted by Gasteiger charge is -2.28. The number of carbonyl (C=O) groups is 2. The molecule has 2 aromatic carbocycles. The van der Waals surface area contributed by atoms with Crippen LogP contribution in [0.1, 0.15) is 22.1 Å². The molecule has 1 heterocycles. The molecule has 158 valence electrons. The van der Waals surface area contributed by atoms with E-state index in [0.29, 0.717) is 10.9 Å². The minimum absolute atomic E-state index is 0.154. The van der Waals surface area contributed by atoms with Crippen LogP contribution in [-0.4, -0.2) is 44.3 Å². The molecule has 0 N–H and O–H groups in total. The highest BCUT2D eigenvalue weighted by Crippen LogP contribution is 2.30.